The number of ether oxygens (including phenoxy) is 1. The first-order valence-electron chi connectivity index (χ1n) is 9.14. The van der Waals surface area contributed by atoms with Crippen LogP contribution in [0.3, 0.4) is 0 Å². The van der Waals surface area contributed by atoms with E-state index in [1.54, 1.807) is 19.2 Å². The van der Waals surface area contributed by atoms with E-state index in [4.69, 9.17) is 15.0 Å². The molecule has 0 bridgehead atoms. The van der Waals surface area contributed by atoms with Gasteiger partial charge in [-0.2, -0.15) is 5.10 Å². The number of benzene rings is 3. The highest BCUT2D eigenvalue weighted by atomic mass is 32.2. The van der Waals surface area contributed by atoms with E-state index in [9.17, 15) is 8.42 Å². The molecule has 0 spiro atoms. The second-order valence-electron chi connectivity index (χ2n) is 6.79. The predicted octanol–water partition coefficient (Wildman–Crippen LogP) is 3.70. The first-order valence-corrected chi connectivity index (χ1v) is 10.7. The van der Waals surface area contributed by atoms with Crippen LogP contribution in [0.2, 0.25) is 0 Å². The topological polar surface area (TPSA) is 85.0 Å². The van der Waals surface area contributed by atoms with Gasteiger partial charge in [-0.3, -0.25) is 5.01 Å². The molecule has 0 radical (unpaired) electrons. The third-order valence-electron chi connectivity index (χ3n) is 4.93. The molecule has 0 amide bonds. The van der Waals surface area contributed by atoms with E-state index in [1.165, 1.54) is 12.1 Å². The molecule has 4 rings (SSSR count). The molecule has 1 unspecified atom stereocenters. The summed E-state index contributed by atoms with van der Waals surface area (Å²) < 4.78 is 28.5. The van der Waals surface area contributed by atoms with E-state index < -0.39 is 10.0 Å². The predicted molar refractivity (Wildman–Crippen MR) is 114 cm³/mol. The molecule has 0 aromatic heterocycles. The lowest BCUT2D eigenvalue weighted by molar-refractivity contribution is 0.414. The summed E-state index contributed by atoms with van der Waals surface area (Å²) in [5.74, 6) is 0.778. The van der Waals surface area contributed by atoms with Crippen molar-refractivity contribution in [3.8, 4) is 5.75 Å². The van der Waals surface area contributed by atoms with Crippen LogP contribution in [-0.2, 0) is 10.0 Å². The Morgan fingerprint density at radius 2 is 1.72 bits per heavy atom. The minimum absolute atomic E-state index is 0.0411. The Hall–Kier alpha value is -3.16. The number of sulfonamides is 1. The summed E-state index contributed by atoms with van der Waals surface area (Å²) >= 11 is 0. The van der Waals surface area contributed by atoms with Crippen molar-refractivity contribution in [1.29, 1.82) is 0 Å². The summed E-state index contributed by atoms with van der Waals surface area (Å²) in [6, 6.07) is 24.3. The lowest BCUT2D eigenvalue weighted by Gasteiger charge is -2.24. The lowest BCUT2D eigenvalue weighted by Crippen LogP contribution is -2.19. The lowest BCUT2D eigenvalue weighted by atomic mass is 9.98. The smallest absolute Gasteiger partial charge is 0.238 e. The summed E-state index contributed by atoms with van der Waals surface area (Å²) in [7, 11) is -2.10. The minimum Gasteiger partial charge on any atom is -0.497 e. The average molecular weight is 407 g/mol. The molecule has 6 nitrogen and oxygen atoms in total. The standard InChI is InChI=1S/C22H21N3O3S/c1-28-19-9-5-8-17(14-19)22-15-21(16-6-3-2-4-7-16)24-25(22)18-10-12-20(13-11-18)29(23,26)27/h2-14,22H,15H2,1H3,(H2,23,26,27). The van der Waals surface area contributed by atoms with Crippen LogP contribution in [0.4, 0.5) is 5.69 Å². The van der Waals surface area contributed by atoms with Crippen LogP contribution < -0.4 is 14.9 Å². The first kappa shape index (κ1) is 19.2. The molecule has 3 aromatic carbocycles. The van der Waals surface area contributed by atoms with Gasteiger partial charge in [-0.15, -0.1) is 0 Å². The fourth-order valence-corrected chi connectivity index (χ4v) is 3.97. The number of hydrazone groups is 1. The third kappa shape index (κ3) is 4.01. The number of anilines is 1. The summed E-state index contributed by atoms with van der Waals surface area (Å²) in [5, 5.41) is 12.0. The van der Waals surface area contributed by atoms with Gasteiger partial charge in [-0.05, 0) is 47.5 Å². The van der Waals surface area contributed by atoms with E-state index >= 15 is 0 Å². The SMILES string of the molecule is COc1cccc(C2CC(c3ccccc3)=NN2c2ccc(S(N)(=O)=O)cc2)c1. The van der Waals surface area contributed by atoms with Gasteiger partial charge < -0.3 is 4.74 Å². The molecule has 29 heavy (non-hydrogen) atoms. The van der Waals surface area contributed by atoms with Crippen molar-refractivity contribution < 1.29 is 13.2 Å². The Morgan fingerprint density at radius 1 is 1.00 bits per heavy atom. The highest BCUT2D eigenvalue weighted by Gasteiger charge is 2.30. The number of nitrogens with two attached hydrogens (primary N) is 1. The van der Waals surface area contributed by atoms with Crippen molar-refractivity contribution in [3.63, 3.8) is 0 Å². The first-order chi connectivity index (χ1) is 14.0. The number of methoxy groups -OCH3 is 1. The van der Waals surface area contributed by atoms with Gasteiger partial charge in [-0.1, -0.05) is 42.5 Å². The van der Waals surface area contributed by atoms with Gasteiger partial charge in [0.2, 0.25) is 10.0 Å². The molecule has 7 heteroatoms. The maximum absolute atomic E-state index is 11.6. The maximum atomic E-state index is 11.6. The number of hydrogen-bond donors (Lipinski definition) is 1. The van der Waals surface area contributed by atoms with Gasteiger partial charge in [0.15, 0.2) is 0 Å². The molecule has 0 saturated heterocycles. The Kier molecular flexibility index (Phi) is 5.08. The van der Waals surface area contributed by atoms with Crippen LogP contribution >= 0.6 is 0 Å². The third-order valence-corrected chi connectivity index (χ3v) is 5.85. The fourth-order valence-electron chi connectivity index (χ4n) is 3.45. The van der Waals surface area contributed by atoms with E-state index in [0.717, 1.165) is 28.3 Å². The van der Waals surface area contributed by atoms with Crippen molar-refractivity contribution in [3.05, 3.63) is 90.0 Å². The van der Waals surface area contributed by atoms with Gasteiger partial charge >= 0.3 is 0 Å². The summed E-state index contributed by atoms with van der Waals surface area (Å²) in [6.45, 7) is 0. The molecule has 0 aliphatic carbocycles. The quantitative estimate of drug-likeness (QED) is 0.699. The van der Waals surface area contributed by atoms with Gasteiger partial charge in [0.1, 0.15) is 5.75 Å². The largest absolute Gasteiger partial charge is 0.497 e. The molecule has 0 fully saturated rings. The number of nitrogens with zero attached hydrogens (tertiary/aromatic N) is 2. The number of primary sulfonamides is 1. The zero-order valence-corrected chi connectivity index (χ0v) is 16.7. The Balaban J connectivity index is 1.75. The van der Waals surface area contributed by atoms with Crippen molar-refractivity contribution in [2.75, 3.05) is 12.1 Å². The summed E-state index contributed by atoms with van der Waals surface area (Å²) in [5.41, 5.74) is 3.88. The van der Waals surface area contributed by atoms with Crippen molar-refractivity contribution >= 4 is 21.4 Å². The summed E-state index contributed by atoms with van der Waals surface area (Å²) in [6.07, 6.45) is 0.716. The Morgan fingerprint density at radius 3 is 2.38 bits per heavy atom. The molecule has 2 N–H and O–H groups in total. The van der Waals surface area contributed by atoms with Gasteiger partial charge in [0.05, 0.1) is 29.4 Å². The monoisotopic (exact) mass is 407 g/mol. The second-order valence-corrected chi connectivity index (χ2v) is 8.35. The van der Waals surface area contributed by atoms with E-state index in [0.29, 0.717) is 6.42 Å². The van der Waals surface area contributed by atoms with E-state index in [-0.39, 0.29) is 10.9 Å². The summed E-state index contributed by atoms with van der Waals surface area (Å²) in [4.78, 5) is 0.0747. The number of hydrogen-bond acceptors (Lipinski definition) is 5. The molecule has 1 aliphatic rings. The maximum Gasteiger partial charge on any atom is 0.238 e. The zero-order valence-electron chi connectivity index (χ0n) is 15.9. The molecule has 1 heterocycles. The normalized spacial score (nSPS) is 16.6. The molecule has 1 atom stereocenters. The van der Waals surface area contributed by atoms with Gasteiger partial charge in [0.25, 0.3) is 0 Å². The fraction of sp³-hybridized carbons (Fsp3) is 0.136. The van der Waals surface area contributed by atoms with Gasteiger partial charge in [-0.25, -0.2) is 13.6 Å². The Bertz CT molecular complexity index is 1140. The van der Waals surface area contributed by atoms with Gasteiger partial charge in [0, 0.05) is 6.42 Å². The second kappa shape index (κ2) is 7.69. The van der Waals surface area contributed by atoms with Crippen molar-refractivity contribution in [1.82, 2.24) is 0 Å². The van der Waals surface area contributed by atoms with Crippen LogP contribution in [0.15, 0.2) is 88.9 Å². The molecule has 148 valence electrons. The van der Waals surface area contributed by atoms with Crippen LogP contribution in [0.25, 0.3) is 0 Å². The van der Waals surface area contributed by atoms with Crippen LogP contribution in [0.1, 0.15) is 23.6 Å². The van der Waals surface area contributed by atoms with Crippen LogP contribution in [0.5, 0.6) is 5.75 Å². The van der Waals surface area contributed by atoms with Crippen molar-refractivity contribution in [2.45, 2.75) is 17.4 Å². The molecular formula is C22H21N3O3S. The minimum atomic E-state index is -3.74. The molecule has 0 saturated carbocycles. The van der Waals surface area contributed by atoms with E-state index in [1.807, 2.05) is 59.6 Å². The highest BCUT2D eigenvalue weighted by Crippen LogP contribution is 2.37. The Labute approximate surface area is 170 Å². The molecule has 1 aliphatic heterocycles. The average Bonchev–Trinajstić information content (AvgIpc) is 3.19. The zero-order chi connectivity index (χ0) is 20.4. The highest BCUT2D eigenvalue weighted by molar-refractivity contribution is 7.89. The molecular weight excluding hydrogens is 386 g/mol. The van der Waals surface area contributed by atoms with Crippen LogP contribution in [0, 0.1) is 0 Å². The molecule has 3 aromatic rings. The van der Waals surface area contributed by atoms with Crippen molar-refractivity contribution in [2.24, 2.45) is 10.2 Å². The number of rotatable bonds is 5. The van der Waals surface area contributed by atoms with Crippen LogP contribution in [-0.4, -0.2) is 21.2 Å². The van der Waals surface area contributed by atoms with E-state index in [2.05, 4.69) is 0 Å².